The minimum atomic E-state index is 1.03. The Morgan fingerprint density at radius 1 is 0.435 bits per heavy atom. The number of fused-ring (bicyclic) bond motifs is 6. The summed E-state index contributed by atoms with van der Waals surface area (Å²) >= 11 is 1.84. The molecule has 2 aromatic heterocycles. The Morgan fingerprint density at radius 2 is 1.17 bits per heavy atom. The average Bonchev–Trinajstić information content (AvgIpc) is 3.51. The molecule has 0 radical (unpaired) electrons. The topological polar surface area (TPSA) is 16.1 Å². The van der Waals surface area contributed by atoms with Gasteiger partial charge >= 0.3 is 0 Å². The molecule has 7 aromatic carbocycles. The summed E-state index contributed by atoms with van der Waals surface area (Å²) in [5, 5.41) is 6.28. The zero-order chi connectivity index (χ0) is 30.5. The third kappa shape index (κ3) is 4.52. The lowest BCUT2D eigenvalue weighted by Gasteiger charge is -2.26. The molecule has 0 saturated carbocycles. The second kappa shape index (κ2) is 11.0. The number of hydrogen-bond acceptors (Lipinski definition) is 3. The van der Waals surface area contributed by atoms with Gasteiger partial charge < -0.3 is 4.90 Å². The highest BCUT2D eigenvalue weighted by molar-refractivity contribution is 7.26. The molecule has 216 valence electrons. The minimum Gasteiger partial charge on any atom is -0.310 e. The molecule has 0 spiro atoms. The van der Waals surface area contributed by atoms with Crippen LogP contribution in [0.2, 0.25) is 0 Å². The highest BCUT2D eigenvalue weighted by Gasteiger charge is 2.17. The molecule has 2 nitrogen and oxygen atoms in total. The zero-order valence-corrected chi connectivity index (χ0v) is 25.8. The van der Waals surface area contributed by atoms with Crippen LogP contribution < -0.4 is 4.90 Å². The van der Waals surface area contributed by atoms with Gasteiger partial charge in [-0.3, -0.25) is 4.98 Å². The molecule has 9 aromatic rings. The molecular formula is C43H28N2S. The summed E-state index contributed by atoms with van der Waals surface area (Å²) in [6, 6.07) is 59.1. The van der Waals surface area contributed by atoms with Crippen LogP contribution in [0, 0.1) is 0 Å². The summed E-state index contributed by atoms with van der Waals surface area (Å²) < 4.78 is 2.55. The molecule has 0 aliphatic heterocycles. The van der Waals surface area contributed by atoms with E-state index in [-0.39, 0.29) is 0 Å². The number of thiophene rings is 1. The van der Waals surface area contributed by atoms with E-state index in [9.17, 15) is 0 Å². The fraction of sp³-hybridized carbons (Fsp3) is 0. The molecule has 0 aliphatic rings. The third-order valence-electron chi connectivity index (χ3n) is 8.90. The van der Waals surface area contributed by atoms with Crippen LogP contribution in [0.4, 0.5) is 17.1 Å². The zero-order valence-electron chi connectivity index (χ0n) is 25.0. The van der Waals surface area contributed by atoms with Gasteiger partial charge in [0.15, 0.2) is 0 Å². The molecule has 0 aliphatic carbocycles. The van der Waals surface area contributed by atoms with Crippen molar-refractivity contribution in [2.75, 3.05) is 4.90 Å². The highest BCUT2D eigenvalue weighted by atomic mass is 32.1. The minimum absolute atomic E-state index is 1.03. The Hall–Kier alpha value is -5.77. The van der Waals surface area contributed by atoms with Crippen molar-refractivity contribution in [2.24, 2.45) is 0 Å². The first-order valence-corrected chi connectivity index (χ1v) is 16.4. The highest BCUT2D eigenvalue weighted by Crippen LogP contribution is 2.43. The molecule has 0 amide bonds. The maximum atomic E-state index is 4.62. The molecule has 46 heavy (non-hydrogen) atoms. The molecule has 0 atom stereocenters. The summed E-state index contributed by atoms with van der Waals surface area (Å²) in [4.78, 5) is 7.00. The second-order valence-electron chi connectivity index (χ2n) is 11.6. The van der Waals surface area contributed by atoms with Crippen molar-refractivity contribution in [1.29, 1.82) is 0 Å². The van der Waals surface area contributed by atoms with E-state index in [0.29, 0.717) is 0 Å². The third-order valence-corrected chi connectivity index (χ3v) is 10.0. The van der Waals surface area contributed by atoms with E-state index in [1.54, 1.807) is 0 Å². The number of aromatic nitrogens is 1. The van der Waals surface area contributed by atoms with Crippen molar-refractivity contribution >= 4 is 70.2 Å². The van der Waals surface area contributed by atoms with Crippen LogP contribution in [-0.2, 0) is 0 Å². The van der Waals surface area contributed by atoms with Gasteiger partial charge in [-0.05, 0) is 87.6 Å². The first-order valence-electron chi connectivity index (χ1n) is 15.5. The summed E-state index contributed by atoms with van der Waals surface area (Å²) in [6.45, 7) is 0. The van der Waals surface area contributed by atoms with Gasteiger partial charge in [0.05, 0.1) is 5.52 Å². The fourth-order valence-electron chi connectivity index (χ4n) is 6.72. The van der Waals surface area contributed by atoms with Crippen molar-refractivity contribution in [3.8, 4) is 22.3 Å². The first-order chi connectivity index (χ1) is 22.8. The number of nitrogens with zero attached hydrogens (tertiary/aromatic N) is 2. The van der Waals surface area contributed by atoms with Crippen LogP contribution in [0.25, 0.3) is 64.1 Å². The molecule has 0 unspecified atom stereocenters. The van der Waals surface area contributed by atoms with Crippen LogP contribution in [-0.4, -0.2) is 4.98 Å². The van der Waals surface area contributed by atoms with E-state index in [0.717, 1.165) is 22.6 Å². The number of pyridine rings is 1. The van der Waals surface area contributed by atoms with E-state index < -0.39 is 0 Å². The van der Waals surface area contributed by atoms with E-state index in [4.69, 9.17) is 0 Å². The van der Waals surface area contributed by atoms with Gasteiger partial charge in [0, 0.05) is 48.8 Å². The van der Waals surface area contributed by atoms with Crippen LogP contribution in [0.5, 0.6) is 0 Å². The van der Waals surface area contributed by atoms with Gasteiger partial charge in [0.25, 0.3) is 0 Å². The Kier molecular flexibility index (Phi) is 6.36. The first kappa shape index (κ1) is 26.6. The number of rotatable bonds is 5. The van der Waals surface area contributed by atoms with Crippen LogP contribution in [0.1, 0.15) is 0 Å². The van der Waals surface area contributed by atoms with E-state index in [1.165, 1.54) is 58.6 Å². The average molecular weight is 605 g/mol. The van der Waals surface area contributed by atoms with E-state index in [2.05, 4.69) is 168 Å². The Balaban J connectivity index is 1.21. The van der Waals surface area contributed by atoms with Gasteiger partial charge in [-0.15, -0.1) is 11.3 Å². The largest absolute Gasteiger partial charge is 0.310 e. The summed E-state index contributed by atoms with van der Waals surface area (Å²) in [6.07, 6.45) is 1.87. The van der Waals surface area contributed by atoms with Gasteiger partial charge in [0.2, 0.25) is 0 Å². The van der Waals surface area contributed by atoms with Gasteiger partial charge in [-0.1, -0.05) is 109 Å². The molecule has 0 bridgehead atoms. The fourth-order valence-corrected chi connectivity index (χ4v) is 7.88. The summed E-state index contributed by atoms with van der Waals surface area (Å²) in [5.74, 6) is 0. The number of hydrogen-bond donors (Lipinski definition) is 0. The number of anilines is 3. The predicted octanol–water partition coefficient (Wildman–Crippen LogP) is 12.6. The van der Waals surface area contributed by atoms with E-state index >= 15 is 0 Å². The predicted molar refractivity (Wildman–Crippen MR) is 198 cm³/mol. The number of benzene rings is 7. The van der Waals surface area contributed by atoms with Crippen molar-refractivity contribution in [3.63, 3.8) is 0 Å². The van der Waals surface area contributed by atoms with Gasteiger partial charge in [0.1, 0.15) is 0 Å². The molecule has 0 saturated heterocycles. The summed E-state index contributed by atoms with van der Waals surface area (Å²) in [5.41, 5.74) is 9.25. The van der Waals surface area contributed by atoms with E-state index in [1.807, 2.05) is 23.6 Å². The van der Waals surface area contributed by atoms with Gasteiger partial charge in [-0.25, -0.2) is 0 Å². The maximum absolute atomic E-state index is 4.62. The van der Waals surface area contributed by atoms with Crippen LogP contribution in [0.3, 0.4) is 0 Å². The molecule has 0 N–H and O–H groups in total. The van der Waals surface area contributed by atoms with Crippen molar-refractivity contribution in [3.05, 3.63) is 170 Å². The van der Waals surface area contributed by atoms with Crippen molar-refractivity contribution < 1.29 is 0 Å². The molecular weight excluding hydrogens is 577 g/mol. The lowest BCUT2D eigenvalue weighted by molar-refractivity contribution is 1.29. The molecule has 3 heteroatoms. The lowest BCUT2D eigenvalue weighted by atomic mass is 9.98. The van der Waals surface area contributed by atoms with Gasteiger partial charge in [-0.2, -0.15) is 0 Å². The maximum Gasteiger partial charge on any atom is 0.0709 e. The lowest BCUT2D eigenvalue weighted by Crippen LogP contribution is -2.09. The molecule has 9 rings (SSSR count). The normalized spacial score (nSPS) is 11.5. The van der Waals surface area contributed by atoms with Crippen LogP contribution in [0.15, 0.2) is 170 Å². The SMILES string of the molecule is c1ccc(-c2cccc(N(c3ccc(-c4cccc5ccccc45)cc3)c3ccc4c(c3)sc3ccc5ncccc5c34)c2)cc1. The van der Waals surface area contributed by atoms with Crippen LogP contribution >= 0.6 is 11.3 Å². The smallest absolute Gasteiger partial charge is 0.0709 e. The quantitative estimate of drug-likeness (QED) is 0.194. The molecule has 2 heterocycles. The standard InChI is InChI=1S/C43H28N2S/c1-2-9-29(10-3-1)32-13-6-14-34(27-32)45(33-20-18-31(19-21-33)37-16-7-12-30-11-4-5-15-36(30)37)35-22-23-39-42(28-35)46-41-25-24-40-38(43(39)41)17-8-26-44-40/h1-28H. The second-order valence-corrected chi connectivity index (χ2v) is 12.7. The molecule has 0 fully saturated rings. The Labute approximate surface area is 271 Å². The monoisotopic (exact) mass is 604 g/mol. The Bertz CT molecular complexity index is 2530. The Morgan fingerprint density at radius 3 is 2.09 bits per heavy atom. The van der Waals surface area contributed by atoms with Crippen molar-refractivity contribution in [1.82, 2.24) is 4.98 Å². The van der Waals surface area contributed by atoms with Crippen molar-refractivity contribution in [2.45, 2.75) is 0 Å². The summed E-state index contributed by atoms with van der Waals surface area (Å²) in [7, 11) is 0.